The Kier molecular flexibility index (Phi) is 3.77. The molecule has 0 atom stereocenters. The van der Waals surface area contributed by atoms with Gasteiger partial charge in [0.05, 0.1) is 25.0 Å². The predicted molar refractivity (Wildman–Crippen MR) is 68.2 cm³/mol. The van der Waals surface area contributed by atoms with Gasteiger partial charge in [0, 0.05) is 13.2 Å². The molecule has 2 aromatic rings. The average molecular weight is 250 g/mol. The largest absolute Gasteiger partial charge is 0.467 e. The smallest absolute Gasteiger partial charge is 0.166 e. The molecule has 0 aliphatic heterocycles. The number of furan rings is 1. The summed E-state index contributed by atoms with van der Waals surface area (Å²) in [5.41, 5.74) is 1.08. The van der Waals surface area contributed by atoms with E-state index in [1.807, 2.05) is 29.9 Å². The maximum Gasteiger partial charge on any atom is 0.166 e. The van der Waals surface area contributed by atoms with Gasteiger partial charge in [0.1, 0.15) is 5.76 Å². The summed E-state index contributed by atoms with van der Waals surface area (Å²) in [4.78, 5) is 0. The Bertz CT molecular complexity index is 477. The summed E-state index contributed by atoms with van der Waals surface area (Å²) >= 11 is 5.15. The molecule has 6 heteroatoms. The Morgan fingerprint density at radius 1 is 1.41 bits per heavy atom. The van der Waals surface area contributed by atoms with Crippen molar-refractivity contribution in [2.75, 3.05) is 0 Å². The van der Waals surface area contributed by atoms with Gasteiger partial charge in [-0.3, -0.25) is 4.68 Å². The van der Waals surface area contributed by atoms with Crippen LogP contribution in [-0.2, 0) is 20.1 Å². The molecular formula is C11H14N4OS. The fourth-order valence-corrected chi connectivity index (χ4v) is 1.53. The zero-order valence-corrected chi connectivity index (χ0v) is 10.3. The predicted octanol–water partition coefficient (Wildman–Crippen LogP) is 1.18. The first-order valence-corrected chi connectivity index (χ1v) is 5.67. The molecule has 90 valence electrons. The van der Waals surface area contributed by atoms with E-state index >= 15 is 0 Å². The number of nitrogens with zero attached hydrogens (tertiary/aromatic N) is 2. The fourth-order valence-electron chi connectivity index (χ4n) is 1.39. The van der Waals surface area contributed by atoms with E-state index in [9.17, 15) is 0 Å². The van der Waals surface area contributed by atoms with Gasteiger partial charge in [0.2, 0.25) is 0 Å². The van der Waals surface area contributed by atoms with Gasteiger partial charge in [0.25, 0.3) is 0 Å². The summed E-state index contributed by atoms with van der Waals surface area (Å²) in [7, 11) is 1.90. The number of thiocarbonyl (C=S) groups is 1. The van der Waals surface area contributed by atoms with Crippen LogP contribution in [0.1, 0.15) is 11.5 Å². The van der Waals surface area contributed by atoms with Crippen LogP contribution in [0, 0.1) is 0 Å². The highest BCUT2D eigenvalue weighted by Gasteiger charge is 2.01. The molecule has 0 fully saturated rings. The van der Waals surface area contributed by atoms with Crippen LogP contribution in [-0.4, -0.2) is 14.9 Å². The van der Waals surface area contributed by atoms with E-state index < -0.39 is 0 Å². The van der Waals surface area contributed by atoms with Crippen LogP contribution >= 0.6 is 12.2 Å². The van der Waals surface area contributed by atoms with Crippen molar-refractivity contribution in [2.45, 2.75) is 13.1 Å². The molecule has 0 amide bonds. The Labute approximate surface area is 105 Å². The summed E-state index contributed by atoms with van der Waals surface area (Å²) in [6, 6.07) is 5.70. The second kappa shape index (κ2) is 5.49. The number of hydrogen-bond donors (Lipinski definition) is 2. The molecule has 0 bridgehead atoms. The number of aromatic nitrogens is 2. The molecule has 0 saturated carbocycles. The number of aryl methyl sites for hydroxylation is 1. The van der Waals surface area contributed by atoms with Gasteiger partial charge in [-0.25, -0.2) is 0 Å². The third-order valence-corrected chi connectivity index (χ3v) is 2.64. The van der Waals surface area contributed by atoms with Gasteiger partial charge in [0.15, 0.2) is 5.11 Å². The van der Waals surface area contributed by atoms with Gasteiger partial charge in [-0.2, -0.15) is 5.10 Å². The van der Waals surface area contributed by atoms with Crippen molar-refractivity contribution < 1.29 is 4.42 Å². The molecule has 0 unspecified atom stereocenters. The molecule has 2 N–H and O–H groups in total. The van der Waals surface area contributed by atoms with Gasteiger partial charge in [-0.15, -0.1) is 0 Å². The van der Waals surface area contributed by atoms with Crippen LogP contribution in [0.5, 0.6) is 0 Å². The molecule has 0 aliphatic carbocycles. The van der Waals surface area contributed by atoms with E-state index in [1.165, 1.54) is 0 Å². The molecule has 5 nitrogen and oxygen atoms in total. The lowest BCUT2D eigenvalue weighted by atomic mass is 10.4. The summed E-state index contributed by atoms with van der Waals surface area (Å²) in [6.07, 6.45) is 3.40. The molecule has 0 radical (unpaired) electrons. The zero-order valence-electron chi connectivity index (χ0n) is 9.51. The quantitative estimate of drug-likeness (QED) is 0.798. The summed E-state index contributed by atoms with van der Waals surface area (Å²) < 4.78 is 7.00. The van der Waals surface area contributed by atoms with Crippen molar-refractivity contribution in [2.24, 2.45) is 7.05 Å². The topological polar surface area (TPSA) is 55.0 Å². The van der Waals surface area contributed by atoms with Crippen LogP contribution in [0.15, 0.2) is 35.1 Å². The monoisotopic (exact) mass is 250 g/mol. The first kappa shape index (κ1) is 11.7. The Balaban J connectivity index is 1.73. The average Bonchev–Trinajstić information content (AvgIpc) is 2.95. The first-order chi connectivity index (χ1) is 8.25. The molecule has 0 spiro atoms. The minimum atomic E-state index is 0.588. The lowest BCUT2D eigenvalue weighted by molar-refractivity contribution is 0.502. The zero-order chi connectivity index (χ0) is 12.1. The summed E-state index contributed by atoms with van der Waals surface area (Å²) in [5, 5.41) is 10.8. The van der Waals surface area contributed by atoms with Crippen LogP contribution in [0.25, 0.3) is 0 Å². The second-order valence-electron chi connectivity index (χ2n) is 3.56. The van der Waals surface area contributed by atoms with Crippen molar-refractivity contribution >= 4 is 17.3 Å². The van der Waals surface area contributed by atoms with Crippen molar-refractivity contribution in [1.82, 2.24) is 20.4 Å². The van der Waals surface area contributed by atoms with E-state index in [2.05, 4.69) is 15.7 Å². The lowest BCUT2D eigenvalue weighted by Crippen LogP contribution is -2.34. The third kappa shape index (κ3) is 3.32. The standard InChI is InChI=1S/C11H14N4OS/c1-15-9(4-5-14-15)7-12-11(17)13-8-10-3-2-6-16-10/h2-6H,7-8H2,1H3,(H2,12,13,17). The number of nitrogens with one attached hydrogen (secondary N) is 2. The SMILES string of the molecule is Cn1nccc1CNC(=S)NCc1ccco1. The Morgan fingerprint density at radius 2 is 2.24 bits per heavy atom. The Morgan fingerprint density at radius 3 is 2.88 bits per heavy atom. The molecule has 0 aromatic carbocycles. The number of rotatable bonds is 4. The van der Waals surface area contributed by atoms with Gasteiger partial charge >= 0.3 is 0 Å². The van der Waals surface area contributed by atoms with E-state index in [-0.39, 0.29) is 0 Å². The molecule has 2 rings (SSSR count). The Hall–Kier alpha value is -1.82. The second-order valence-corrected chi connectivity index (χ2v) is 3.97. The van der Waals surface area contributed by atoms with Crippen LogP contribution in [0.4, 0.5) is 0 Å². The van der Waals surface area contributed by atoms with Crippen LogP contribution in [0.2, 0.25) is 0 Å². The van der Waals surface area contributed by atoms with Crippen molar-refractivity contribution in [1.29, 1.82) is 0 Å². The fraction of sp³-hybridized carbons (Fsp3) is 0.273. The van der Waals surface area contributed by atoms with Crippen LogP contribution < -0.4 is 10.6 Å². The van der Waals surface area contributed by atoms with Gasteiger partial charge in [-0.05, 0) is 30.4 Å². The molecule has 0 saturated heterocycles. The van der Waals surface area contributed by atoms with Crippen molar-refractivity contribution in [3.05, 3.63) is 42.1 Å². The highest BCUT2D eigenvalue weighted by atomic mass is 32.1. The molecule has 2 aromatic heterocycles. The normalized spacial score (nSPS) is 10.2. The van der Waals surface area contributed by atoms with E-state index in [4.69, 9.17) is 16.6 Å². The first-order valence-electron chi connectivity index (χ1n) is 5.26. The minimum Gasteiger partial charge on any atom is -0.467 e. The molecule has 2 heterocycles. The van der Waals surface area contributed by atoms with Crippen LogP contribution in [0.3, 0.4) is 0 Å². The van der Waals surface area contributed by atoms with Crippen molar-refractivity contribution in [3.8, 4) is 0 Å². The minimum absolute atomic E-state index is 0.588. The van der Waals surface area contributed by atoms with E-state index in [0.717, 1.165) is 11.5 Å². The molecule has 0 aliphatic rings. The van der Waals surface area contributed by atoms with Crippen molar-refractivity contribution in [3.63, 3.8) is 0 Å². The van der Waals surface area contributed by atoms with E-state index in [1.54, 1.807) is 12.5 Å². The van der Waals surface area contributed by atoms with Gasteiger partial charge in [-0.1, -0.05) is 0 Å². The maximum atomic E-state index is 5.19. The van der Waals surface area contributed by atoms with E-state index in [0.29, 0.717) is 18.2 Å². The third-order valence-electron chi connectivity index (χ3n) is 2.36. The molecule has 17 heavy (non-hydrogen) atoms. The number of hydrogen-bond acceptors (Lipinski definition) is 3. The summed E-state index contributed by atoms with van der Waals surface area (Å²) in [6.45, 7) is 1.24. The lowest BCUT2D eigenvalue weighted by Gasteiger charge is -2.09. The highest BCUT2D eigenvalue weighted by molar-refractivity contribution is 7.80. The molecular weight excluding hydrogens is 236 g/mol. The maximum absolute atomic E-state index is 5.19. The summed E-state index contributed by atoms with van der Waals surface area (Å²) in [5.74, 6) is 0.856. The highest BCUT2D eigenvalue weighted by Crippen LogP contribution is 1.98. The van der Waals surface area contributed by atoms with Gasteiger partial charge < -0.3 is 15.1 Å².